The molecule has 0 aliphatic carbocycles. The third-order valence-corrected chi connectivity index (χ3v) is 5.65. The van der Waals surface area contributed by atoms with Gasteiger partial charge in [-0.2, -0.15) is 0 Å². The molecule has 0 aromatic heterocycles. The van der Waals surface area contributed by atoms with Crippen molar-refractivity contribution in [3.05, 3.63) is 70.2 Å². The summed E-state index contributed by atoms with van der Waals surface area (Å²) >= 11 is 5.26. The zero-order valence-electron chi connectivity index (χ0n) is 13.3. The lowest BCUT2D eigenvalue weighted by molar-refractivity contribution is -0.126. The van der Waals surface area contributed by atoms with Crippen LogP contribution < -0.4 is 4.74 Å². The van der Waals surface area contributed by atoms with Crippen LogP contribution in [0.15, 0.2) is 59.1 Å². The standard InChI is InChI=1S/C19H18BrNO2S/c1-23-17-9-2-14(3-10-17)4-11-18(22)21-12-13-24-19(21)15-5-7-16(20)8-6-15/h2-11,19H,12-13H2,1H3/b11-4+. The third kappa shape index (κ3) is 4.02. The zero-order valence-corrected chi connectivity index (χ0v) is 15.7. The summed E-state index contributed by atoms with van der Waals surface area (Å²) in [6.45, 7) is 0.775. The van der Waals surface area contributed by atoms with Gasteiger partial charge >= 0.3 is 0 Å². The molecule has 1 atom stereocenters. The lowest BCUT2D eigenvalue weighted by Crippen LogP contribution is -2.28. The first kappa shape index (κ1) is 17.1. The van der Waals surface area contributed by atoms with Gasteiger partial charge in [0, 0.05) is 22.8 Å². The van der Waals surface area contributed by atoms with Crippen LogP contribution in [-0.2, 0) is 4.79 Å². The van der Waals surface area contributed by atoms with Gasteiger partial charge in [0.15, 0.2) is 0 Å². The molecule has 1 amide bonds. The van der Waals surface area contributed by atoms with E-state index >= 15 is 0 Å². The van der Waals surface area contributed by atoms with Crippen molar-refractivity contribution in [3.8, 4) is 5.75 Å². The van der Waals surface area contributed by atoms with Gasteiger partial charge in [-0.1, -0.05) is 40.2 Å². The van der Waals surface area contributed by atoms with Gasteiger partial charge in [-0.25, -0.2) is 0 Å². The van der Waals surface area contributed by atoms with E-state index in [4.69, 9.17) is 4.74 Å². The highest BCUT2D eigenvalue weighted by atomic mass is 79.9. The molecule has 5 heteroatoms. The first-order valence-corrected chi connectivity index (χ1v) is 9.51. The third-order valence-electron chi connectivity index (χ3n) is 3.86. The number of rotatable bonds is 4. The average molecular weight is 404 g/mol. The largest absolute Gasteiger partial charge is 0.497 e. The van der Waals surface area contributed by atoms with Crippen LogP contribution in [0.2, 0.25) is 0 Å². The highest BCUT2D eigenvalue weighted by molar-refractivity contribution is 9.10. The number of halogens is 1. The number of methoxy groups -OCH3 is 1. The van der Waals surface area contributed by atoms with Gasteiger partial charge in [0.25, 0.3) is 0 Å². The van der Waals surface area contributed by atoms with Gasteiger partial charge in [-0.15, -0.1) is 11.8 Å². The molecule has 2 aromatic rings. The fourth-order valence-electron chi connectivity index (χ4n) is 2.58. The maximum Gasteiger partial charge on any atom is 0.247 e. The van der Waals surface area contributed by atoms with E-state index in [0.29, 0.717) is 0 Å². The van der Waals surface area contributed by atoms with Gasteiger partial charge in [0.05, 0.1) is 7.11 Å². The number of hydrogen-bond donors (Lipinski definition) is 0. The van der Waals surface area contributed by atoms with E-state index in [2.05, 4.69) is 28.1 Å². The van der Waals surface area contributed by atoms with Crippen molar-refractivity contribution in [2.45, 2.75) is 5.37 Å². The topological polar surface area (TPSA) is 29.5 Å². The SMILES string of the molecule is COc1ccc(/C=C/C(=O)N2CCSC2c2ccc(Br)cc2)cc1. The average Bonchev–Trinajstić information content (AvgIpc) is 3.10. The second-order valence-corrected chi connectivity index (χ2v) is 7.52. The Labute approximate surface area is 154 Å². The molecule has 1 fully saturated rings. The Morgan fingerprint density at radius 1 is 1.21 bits per heavy atom. The van der Waals surface area contributed by atoms with Crippen molar-refractivity contribution in [2.75, 3.05) is 19.4 Å². The van der Waals surface area contributed by atoms with Crippen molar-refractivity contribution >= 4 is 39.7 Å². The van der Waals surface area contributed by atoms with Crippen LogP contribution in [0.1, 0.15) is 16.5 Å². The van der Waals surface area contributed by atoms with Crippen molar-refractivity contribution in [1.82, 2.24) is 4.90 Å². The molecule has 1 saturated heterocycles. The minimum Gasteiger partial charge on any atom is -0.497 e. The maximum absolute atomic E-state index is 12.6. The molecular weight excluding hydrogens is 386 g/mol. The van der Waals surface area contributed by atoms with Crippen LogP contribution in [0.25, 0.3) is 6.08 Å². The Morgan fingerprint density at radius 3 is 2.58 bits per heavy atom. The minimum atomic E-state index is 0.0451. The Hall–Kier alpha value is -1.72. The van der Waals surface area contributed by atoms with Gasteiger partial charge in [-0.3, -0.25) is 4.79 Å². The molecule has 1 unspecified atom stereocenters. The summed E-state index contributed by atoms with van der Waals surface area (Å²) in [6, 6.07) is 15.8. The van der Waals surface area contributed by atoms with Crippen LogP contribution in [0.4, 0.5) is 0 Å². The van der Waals surface area contributed by atoms with Crippen molar-refractivity contribution in [1.29, 1.82) is 0 Å². The number of ether oxygens (including phenoxy) is 1. The fraction of sp³-hybridized carbons (Fsp3) is 0.211. The zero-order chi connectivity index (χ0) is 16.9. The summed E-state index contributed by atoms with van der Waals surface area (Å²) < 4.78 is 6.19. The summed E-state index contributed by atoms with van der Waals surface area (Å²) in [4.78, 5) is 14.5. The van der Waals surface area contributed by atoms with E-state index in [0.717, 1.165) is 33.6 Å². The van der Waals surface area contributed by atoms with Crippen LogP contribution in [0, 0.1) is 0 Å². The molecule has 1 heterocycles. The van der Waals surface area contributed by atoms with Crippen molar-refractivity contribution < 1.29 is 9.53 Å². The van der Waals surface area contributed by atoms with Gasteiger partial charge in [-0.05, 0) is 41.5 Å². The van der Waals surface area contributed by atoms with Crippen molar-refractivity contribution in [2.24, 2.45) is 0 Å². The summed E-state index contributed by atoms with van der Waals surface area (Å²) in [5.41, 5.74) is 2.14. The number of amides is 1. The first-order valence-electron chi connectivity index (χ1n) is 7.67. The van der Waals surface area contributed by atoms with Crippen molar-refractivity contribution in [3.63, 3.8) is 0 Å². The molecule has 1 aliphatic heterocycles. The predicted octanol–water partition coefficient (Wildman–Crippen LogP) is 4.75. The van der Waals surface area contributed by atoms with Gasteiger partial charge < -0.3 is 9.64 Å². The second kappa shape index (κ2) is 7.90. The van der Waals surface area contributed by atoms with Crippen LogP contribution >= 0.6 is 27.7 Å². The molecule has 0 bridgehead atoms. The number of benzene rings is 2. The molecule has 1 aliphatic rings. The monoisotopic (exact) mass is 403 g/mol. The Kier molecular flexibility index (Phi) is 5.63. The number of nitrogens with zero attached hydrogens (tertiary/aromatic N) is 1. The molecule has 0 saturated carbocycles. The molecule has 2 aromatic carbocycles. The first-order chi connectivity index (χ1) is 11.7. The lowest BCUT2D eigenvalue weighted by Gasteiger charge is -2.22. The quantitative estimate of drug-likeness (QED) is 0.690. The number of hydrogen-bond acceptors (Lipinski definition) is 3. The number of thioether (sulfide) groups is 1. The molecule has 0 radical (unpaired) electrons. The predicted molar refractivity (Wildman–Crippen MR) is 103 cm³/mol. The molecule has 124 valence electrons. The van der Waals surface area contributed by atoms with Crippen LogP contribution in [0.3, 0.4) is 0 Å². The Balaban J connectivity index is 1.70. The maximum atomic E-state index is 12.6. The summed E-state index contributed by atoms with van der Waals surface area (Å²) in [6.07, 6.45) is 3.50. The fourth-order valence-corrected chi connectivity index (χ4v) is 4.11. The van der Waals surface area contributed by atoms with Crippen LogP contribution in [-0.4, -0.2) is 30.2 Å². The van der Waals surface area contributed by atoms with E-state index in [-0.39, 0.29) is 11.3 Å². The summed E-state index contributed by atoms with van der Waals surface area (Å²) in [7, 11) is 1.64. The smallest absolute Gasteiger partial charge is 0.247 e. The molecule has 0 N–H and O–H groups in total. The van der Waals surface area contributed by atoms with E-state index in [1.165, 1.54) is 0 Å². The highest BCUT2D eigenvalue weighted by Crippen LogP contribution is 2.38. The lowest BCUT2D eigenvalue weighted by atomic mass is 10.2. The minimum absolute atomic E-state index is 0.0451. The molecule has 24 heavy (non-hydrogen) atoms. The van der Waals surface area contributed by atoms with E-state index < -0.39 is 0 Å². The summed E-state index contributed by atoms with van der Waals surface area (Å²) in [5.74, 6) is 1.82. The Bertz CT molecular complexity index is 728. The van der Waals surface area contributed by atoms with Gasteiger partial charge in [0.2, 0.25) is 5.91 Å². The number of carbonyl (C=O) groups excluding carboxylic acids is 1. The molecule has 0 spiro atoms. The Morgan fingerprint density at radius 2 is 1.92 bits per heavy atom. The normalized spacial score (nSPS) is 17.4. The van der Waals surface area contributed by atoms with E-state index in [9.17, 15) is 4.79 Å². The van der Waals surface area contributed by atoms with E-state index in [1.807, 2.05) is 47.4 Å². The second-order valence-electron chi connectivity index (χ2n) is 5.41. The van der Waals surface area contributed by atoms with E-state index in [1.54, 1.807) is 24.9 Å². The molecule has 3 nitrogen and oxygen atoms in total. The highest BCUT2D eigenvalue weighted by Gasteiger charge is 2.29. The molecular formula is C19H18BrNO2S. The molecule has 3 rings (SSSR count). The number of carbonyl (C=O) groups is 1. The summed E-state index contributed by atoms with van der Waals surface area (Å²) in [5, 5.41) is 0.0890. The van der Waals surface area contributed by atoms with Gasteiger partial charge in [0.1, 0.15) is 11.1 Å². The van der Waals surface area contributed by atoms with Crippen LogP contribution in [0.5, 0.6) is 5.75 Å².